The van der Waals surface area contributed by atoms with Crippen molar-refractivity contribution in [2.75, 3.05) is 20.1 Å². The third-order valence-corrected chi connectivity index (χ3v) is 1.80. The molecular weight excluding hydrogens is 178 g/mol. The molecule has 0 aliphatic rings. The van der Waals surface area contributed by atoms with Crippen molar-refractivity contribution >= 4 is 5.97 Å². The Labute approximate surface area is 85.7 Å². The summed E-state index contributed by atoms with van der Waals surface area (Å²) in [4.78, 5) is 12.2. The highest BCUT2D eigenvalue weighted by molar-refractivity contribution is 5.69. The van der Waals surface area contributed by atoms with Crippen molar-refractivity contribution in [1.29, 1.82) is 0 Å². The molecule has 0 unspecified atom stereocenters. The predicted molar refractivity (Wildman–Crippen MR) is 58.3 cm³/mol. The van der Waals surface area contributed by atoms with Gasteiger partial charge in [0.25, 0.3) is 0 Å². The lowest BCUT2D eigenvalue weighted by Gasteiger charge is -2.14. The Balaban J connectivity index is 4.06. The van der Waals surface area contributed by atoms with Gasteiger partial charge in [0.2, 0.25) is 0 Å². The summed E-state index contributed by atoms with van der Waals surface area (Å²) in [7, 11) is 1.80. The summed E-state index contributed by atoms with van der Waals surface area (Å²) < 4.78 is 0. The highest BCUT2D eigenvalue weighted by Gasteiger charge is 2.04. The summed E-state index contributed by atoms with van der Waals surface area (Å²) in [6, 6.07) is 0. The molecule has 0 rings (SSSR count). The van der Waals surface area contributed by atoms with Crippen molar-refractivity contribution in [3.8, 4) is 0 Å². The van der Waals surface area contributed by atoms with E-state index in [4.69, 9.17) is 5.11 Å². The van der Waals surface area contributed by atoms with E-state index < -0.39 is 5.97 Å². The molecule has 80 valence electrons. The van der Waals surface area contributed by atoms with E-state index in [1.165, 1.54) is 0 Å². The first-order valence-electron chi connectivity index (χ1n) is 4.82. The minimum absolute atomic E-state index is 0.0807. The van der Waals surface area contributed by atoms with Gasteiger partial charge in [0.15, 0.2) is 0 Å². The Bertz CT molecular complexity index is 231. The van der Waals surface area contributed by atoms with Crippen LogP contribution in [0.3, 0.4) is 0 Å². The Morgan fingerprint density at radius 3 is 2.50 bits per heavy atom. The number of allylic oxidation sites excluding steroid dienone is 2. The van der Waals surface area contributed by atoms with Gasteiger partial charge in [-0.1, -0.05) is 25.2 Å². The fourth-order valence-electron chi connectivity index (χ4n) is 1.11. The average molecular weight is 197 g/mol. The molecule has 0 aromatic heterocycles. The molecule has 0 radical (unpaired) electrons. The maximum absolute atomic E-state index is 10.4. The van der Waals surface area contributed by atoms with Crippen LogP contribution in [0.4, 0.5) is 0 Å². The van der Waals surface area contributed by atoms with Crippen LogP contribution in [0.2, 0.25) is 0 Å². The zero-order valence-corrected chi connectivity index (χ0v) is 9.16. The zero-order valence-electron chi connectivity index (χ0n) is 9.16. The summed E-state index contributed by atoms with van der Waals surface area (Å²) in [6.45, 7) is 4.80. The number of carbonyl (C=O) groups is 1. The van der Waals surface area contributed by atoms with Crippen LogP contribution in [-0.4, -0.2) is 36.1 Å². The molecule has 1 N–H and O–H groups in total. The van der Waals surface area contributed by atoms with E-state index in [9.17, 15) is 4.79 Å². The standard InChI is InChI=1S/C11H19NO2/c1-4-6-7-10(5-2)8-12(3)9-11(13)14/h5-7H,4,8-9H2,1-3H3,(H,13,14). The van der Waals surface area contributed by atoms with Crippen molar-refractivity contribution < 1.29 is 9.90 Å². The smallest absolute Gasteiger partial charge is 0.317 e. The molecule has 0 fully saturated rings. The number of likely N-dealkylation sites (N-methyl/N-ethyl adjacent to an activating group) is 1. The lowest BCUT2D eigenvalue weighted by Crippen LogP contribution is -2.27. The maximum Gasteiger partial charge on any atom is 0.317 e. The SMILES string of the molecule is CC=C(C=CCC)CN(C)CC(=O)O. The lowest BCUT2D eigenvalue weighted by molar-refractivity contribution is -0.137. The van der Waals surface area contributed by atoms with Gasteiger partial charge in [0, 0.05) is 6.54 Å². The van der Waals surface area contributed by atoms with Crippen molar-refractivity contribution in [1.82, 2.24) is 4.90 Å². The molecule has 3 heteroatoms. The Hall–Kier alpha value is -1.09. The van der Waals surface area contributed by atoms with Gasteiger partial charge >= 0.3 is 5.97 Å². The predicted octanol–water partition coefficient (Wildman–Crippen LogP) is 1.92. The van der Waals surface area contributed by atoms with Crippen LogP contribution in [0.15, 0.2) is 23.8 Å². The molecule has 0 aromatic carbocycles. The molecule has 0 aliphatic heterocycles. The second-order valence-electron chi connectivity index (χ2n) is 3.24. The largest absolute Gasteiger partial charge is 0.480 e. The number of aliphatic carboxylic acids is 1. The van der Waals surface area contributed by atoms with Crippen LogP contribution in [0.25, 0.3) is 0 Å². The van der Waals surface area contributed by atoms with E-state index >= 15 is 0 Å². The van der Waals surface area contributed by atoms with Crippen LogP contribution >= 0.6 is 0 Å². The number of nitrogens with zero attached hydrogens (tertiary/aromatic N) is 1. The van der Waals surface area contributed by atoms with Gasteiger partial charge < -0.3 is 5.11 Å². The second kappa shape index (κ2) is 7.33. The van der Waals surface area contributed by atoms with E-state index in [1.54, 1.807) is 11.9 Å². The molecule has 0 heterocycles. The first-order valence-corrected chi connectivity index (χ1v) is 4.82. The van der Waals surface area contributed by atoms with Crippen LogP contribution in [-0.2, 0) is 4.79 Å². The Kier molecular flexibility index (Phi) is 6.76. The van der Waals surface area contributed by atoms with Crippen molar-refractivity contribution in [2.24, 2.45) is 0 Å². The van der Waals surface area contributed by atoms with Gasteiger partial charge in [-0.3, -0.25) is 9.69 Å². The molecule has 3 nitrogen and oxygen atoms in total. The van der Waals surface area contributed by atoms with Crippen molar-refractivity contribution in [3.63, 3.8) is 0 Å². The van der Waals surface area contributed by atoms with Crippen molar-refractivity contribution in [3.05, 3.63) is 23.8 Å². The van der Waals surface area contributed by atoms with Gasteiger partial charge in [-0.2, -0.15) is 0 Å². The Morgan fingerprint density at radius 2 is 2.07 bits per heavy atom. The number of rotatable bonds is 6. The van der Waals surface area contributed by atoms with Crippen LogP contribution in [0.1, 0.15) is 20.3 Å². The number of carboxylic acids is 1. The number of hydrogen-bond donors (Lipinski definition) is 1. The van der Waals surface area contributed by atoms with Crippen LogP contribution in [0, 0.1) is 0 Å². The average Bonchev–Trinajstić information content (AvgIpc) is 2.10. The third kappa shape index (κ3) is 6.43. The fraction of sp³-hybridized carbons (Fsp3) is 0.545. The van der Waals surface area contributed by atoms with Gasteiger partial charge in [-0.05, 0) is 26.0 Å². The Morgan fingerprint density at radius 1 is 1.43 bits per heavy atom. The van der Waals surface area contributed by atoms with Crippen LogP contribution in [0.5, 0.6) is 0 Å². The topological polar surface area (TPSA) is 40.5 Å². The highest BCUT2D eigenvalue weighted by atomic mass is 16.4. The lowest BCUT2D eigenvalue weighted by atomic mass is 10.2. The molecule has 14 heavy (non-hydrogen) atoms. The maximum atomic E-state index is 10.4. The minimum Gasteiger partial charge on any atom is -0.480 e. The molecule has 0 aromatic rings. The summed E-state index contributed by atoms with van der Waals surface area (Å²) >= 11 is 0. The molecule has 0 saturated heterocycles. The first-order chi connectivity index (χ1) is 6.60. The highest BCUT2D eigenvalue weighted by Crippen LogP contribution is 2.00. The monoisotopic (exact) mass is 197 g/mol. The number of carboxylic acid groups (broad SMARTS) is 1. The van der Waals surface area contributed by atoms with Gasteiger partial charge in [0.1, 0.15) is 0 Å². The van der Waals surface area contributed by atoms with E-state index in [0.29, 0.717) is 6.54 Å². The fourth-order valence-corrected chi connectivity index (χ4v) is 1.11. The molecule has 0 amide bonds. The summed E-state index contributed by atoms with van der Waals surface area (Å²) in [5, 5.41) is 8.57. The molecule has 0 atom stereocenters. The van der Waals surface area contributed by atoms with Gasteiger partial charge in [0.05, 0.1) is 6.54 Å². The normalized spacial score (nSPS) is 12.7. The molecule has 0 aliphatic carbocycles. The quantitative estimate of drug-likeness (QED) is 0.661. The van der Waals surface area contributed by atoms with E-state index in [0.717, 1.165) is 12.0 Å². The van der Waals surface area contributed by atoms with Gasteiger partial charge in [-0.25, -0.2) is 0 Å². The molecule has 0 spiro atoms. The van der Waals surface area contributed by atoms with Gasteiger partial charge in [-0.15, -0.1) is 0 Å². The zero-order chi connectivity index (χ0) is 11.0. The van der Waals surface area contributed by atoms with Crippen molar-refractivity contribution in [2.45, 2.75) is 20.3 Å². The first kappa shape index (κ1) is 12.9. The summed E-state index contributed by atoms with van der Waals surface area (Å²) in [6.07, 6.45) is 7.12. The van der Waals surface area contributed by atoms with Crippen LogP contribution < -0.4 is 0 Å². The van der Waals surface area contributed by atoms with E-state index in [2.05, 4.69) is 13.0 Å². The van der Waals surface area contributed by atoms with E-state index in [-0.39, 0.29) is 6.54 Å². The minimum atomic E-state index is -0.789. The number of hydrogen-bond acceptors (Lipinski definition) is 2. The summed E-state index contributed by atoms with van der Waals surface area (Å²) in [5.41, 5.74) is 1.15. The third-order valence-electron chi connectivity index (χ3n) is 1.80. The van der Waals surface area contributed by atoms with E-state index in [1.807, 2.05) is 19.1 Å². The molecule has 0 bridgehead atoms. The molecular formula is C11H19NO2. The molecule has 0 saturated carbocycles. The second-order valence-corrected chi connectivity index (χ2v) is 3.24. The summed E-state index contributed by atoms with van der Waals surface area (Å²) in [5.74, 6) is -0.789.